The topological polar surface area (TPSA) is 49.4 Å². The average Bonchev–Trinajstić information content (AvgIpc) is 3.28. The molecule has 0 radical (unpaired) electrons. The zero-order chi connectivity index (χ0) is 22.9. The Morgan fingerprint density at radius 1 is 1.12 bits per heavy atom. The first-order valence-electron chi connectivity index (χ1n) is 11.1. The molecule has 1 atom stereocenters. The van der Waals surface area contributed by atoms with Gasteiger partial charge in [-0.25, -0.2) is 0 Å². The van der Waals surface area contributed by atoms with Crippen LogP contribution < -0.4 is 5.32 Å². The number of benzene rings is 2. The van der Waals surface area contributed by atoms with E-state index in [1.807, 2.05) is 43.3 Å². The second kappa shape index (κ2) is 12.5. The van der Waals surface area contributed by atoms with Crippen LogP contribution in [0.4, 0.5) is 0 Å². The minimum absolute atomic E-state index is 0.0441. The van der Waals surface area contributed by atoms with Gasteiger partial charge < -0.3 is 10.2 Å². The number of thioether (sulfide) groups is 1. The molecule has 0 aliphatic heterocycles. The average molecular weight is 494 g/mol. The largest absolute Gasteiger partial charge is 0.352 e. The van der Waals surface area contributed by atoms with Gasteiger partial charge in [-0.1, -0.05) is 79.4 Å². The van der Waals surface area contributed by atoms with Crippen LogP contribution in [0.5, 0.6) is 0 Å². The van der Waals surface area contributed by atoms with Crippen LogP contribution in [0.25, 0.3) is 0 Å². The Morgan fingerprint density at radius 3 is 2.50 bits per heavy atom. The van der Waals surface area contributed by atoms with Gasteiger partial charge in [0.05, 0.1) is 5.75 Å². The fraction of sp³-hybridized carbons (Fsp3) is 0.440. The zero-order valence-electron chi connectivity index (χ0n) is 18.4. The molecule has 0 spiro atoms. The summed E-state index contributed by atoms with van der Waals surface area (Å²) in [5.74, 6) is 0.789. The fourth-order valence-electron chi connectivity index (χ4n) is 4.04. The van der Waals surface area contributed by atoms with Crippen LogP contribution in [-0.2, 0) is 21.9 Å². The third kappa shape index (κ3) is 7.16. The van der Waals surface area contributed by atoms with Crippen LogP contribution in [0, 0.1) is 0 Å². The van der Waals surface area contributed by atoms with Crippen molar-refractivity contribution < 1.29 is 9.59 Å². The van der Waals surface area contributed by atoms with E-state index in [0.717, 1.165) is 36.8 Å². The number of nitrogens with zero attached hydrogens (tertiary/aromatic N) is 1. The summed E-state index contributed by atoms with van der Waals surface area (Å²) in [7, 11) is 0. The van der Waals surface area contributed by atoms with Gasteiger partial charge in [-0.05, 0) is 42.5 Å². The predicted octanol–water partition coefficient (Wildman–Crippen LogP) is 6.09. The Bertz CT molecular complexity index is 904. The molecule has 2 aromatic rings. The minimum Gasteiger partial charge on any atom is -0.352 e. The van der Waals surface area contributed by atoms with Crippen molar-refractivity contribution in [2.45, 2.75) is 63.4 Å². The molecule has 1 N–H and O–H groups in total. The van der Waals surface area contributed by atoms with Crippen molar-refractivity contribution in [2.24, 2.45) is 0 Å². The Morgan fingerprint density at radius 2 is 1.84 bits per heavy atom. The molecule has 0 aromatic heterocycles. The maximum Gasteiger partial charge on any atom is 0.243 e. The lowest BCUT2D eigenvalue weighted by molar-refractivity contribution is -0.139. The van der Waals surface area contributed by atoms with Crippen molar-refractivity contribution in [2.75, 3.05) is 5.75 Å². The van der Waals surface area contributed by atoms with Crippen molar-refractivity contribution in [3.8, 4) is 0 Å². The van der Waals surface area contributed by atoms with Gasteiger partial charge in [-0.3, -0.25) is 9.59 Å². The zero-order valence-corrected chi connectivity index (χ0v) is 20.7. The maximum atomic E-state index is 13.3. The smallest absolute Gasteiger partial charge is 0.243 e. The predicted molar refractivity (Wildman–Crippen MR) is 134 cm³/mol. The van der Waals surface area contributed by atoms with Crippen molar-refractivity contribution in [1.29, 1.82) is 0 Å². The summed E-state index contributed by atoms with van der Waals surface area (Å²) >= 11 is 13.7. The highest BCUT2D eigenvalue weighted by Gasteiger charge is 2.30. The van der Waals surface area contributed by atoms with E-state index in [-0.39, 0.29) is 23.6 Å². The van der Waals surface area contributed by atoms with E-state index in [4.69, 9.17) is 23.2 Å². The third-order valence-corrected chi connectivity index (χ3v) is 7.33. The van der Waals surface area contributed by atoms with Gasteiger partial charge in [0.1, 0.15) is 6.04 Å². The second-order valence-electron chi connectivity index (χ2n) is 8.15. The minimum atomic E-state index is -0.483. The molecule has 1 fully saturated rings. The molecule has 0 saturated heterocycles. The fourth-order valence-corrected chi connectivity index (χ4v) is 5.51. The Kier molecular flexibility index (Phi) is 9.76. The summed E-state index contributed by atoms with van der Waals surface area (Å²) in [6.45, 7) is 2.38. The molecular weight excluding hydrogens is 463 g/mol. The van der Waals surface area contributed by atoms with Gasteiger partial charge in [0.25, 0.3) is 0 Å². The lowest BCUT2D eigenvalue weighted by Gasteiger charge is -2.31. The Labute approximate surface area is 205 Å². The Hall–Kier alpha value is -1.69. The summed E-state index contributed by atoms with van der Waals surface area (Å²) in [5.41, 5.74) is 1.95. The molecule has 2 aromatic carbocycles. The molecule has 7 heteroatoms. The van der Waals surface area contributed by atoms with E-state index >= 15 is 0 Å². The molecule has 1 saturated carbocycles. The van der Waals surface area contributed by atoms with Gasteiger partial charge >= 0.3 is 0 Å². The number of hydrogen-bond donors (Lipinski definition) is 1. The Balaban J connectivity index is 1.68. The van der Waals surface area contributed by atoms with Gasteiger partial charge in [0.15, 0.2) is 0 Å². The standard InChI is InChI=1S/C25H30Cl2N2O2S/c1-2-23(25(31)28-21-10-6-7-11-21)29(15-18-8-4-3-5-9-18)24(30)17-32-16-19-12-13-20(26)14-22(19)27/h3-5,8-9,12-14,21,23H,2,6-7,10-11,15-17H2,1H3,(H,28,31)/t23-/m0/s1. The molecule has 2 amide bonds. The molecule has 172 valence electrons. The van der Waals surface area contributed by atoms with Crippen LogP contribution in [-0.4, -0.2) is 34.6 Å². The van der Waals surface area contributed by atoms with Crippen molar-refractivity contribution in [3.05, 3.63) is 69.7 Å². The molecular formula is C25H30Cl2N2O2S. The molecule has 0 unspecified atom stereocenters. The highest BCUT2D eigenvalue weighted by molar-refractivity contribution is 7.99. The number of amides is 2. The lowest BCUT2D eigenvalue weighted by atomic mass is 10.1. The summed E-state index contributed by atoms with van der Waals surface area (Å²) in [6, 6.07) is 15.0. The molecule has 3 rings (SSSR count). The normalized spacial score (nSPS) is 14.8. The number of rotatable bonds is 10. The van der Waals surface area contributed by atoms with Crippen molar-refractivity contribution in [3.63, 3.8) is 0 Å². The highest BCUT2D eigenvalue weighted by Crippen LogP contribution is 2.25. The van der Waals surface area contributed by atoms with Crippen LogP contribution in [0.2, 0.25) is 10.0 Å². The van der Waals surface area contributed by atoms with E-state index < -0.39 is 6.04 Å². The maximum absolute atomic E-state index is 13.3. The van der Waals surface area contributed by atoms with E-state index in [2.05, 4.69) is 5.32 Å². The summed E-state index contributed by atoms with van der Waals surface area (Å²) in [5, 5.41) is 4.36. The quantitative estimate of drug-likeness (QED) is 0.436. The SMILES string of the molecule is CC[C@@H](C(=O)NC1CCCC1)N(Cc1ccccc1)C(=O)CSCc1ccc(Cl)cc1Cl. The first kappa shape index (κ1) is 24.9. The van der Waals surface area contributed by atoms with Gasteiger partial charge in [-0.2, -0.15) is 0 Å². The first-order chi connectivity index (χ1) is 15.5. The van der Waals surface area contributed by atoms with Gasteiger partial charge in [0.2, 0.25) is 11.8 Å². The molecule has 0 heterocycles. The molecule has 1 aliphatic rings. The van der Waals surface area contributed by atoms with Crippen LogP contribution in [0.15, 0.2) is 48.5 Å². The van der Waals surface area contributed by atoms with Gasteiger partial charge in [0, 0.05) is 28.4 Å². The van der Waals surface area contributed by atoms with E-state index in [9.17, 15) is 9.59 Å². The number of carbonyl (C=O) groups excluding carboxylic acids is 2. The molecule has 1 aliphatic carbocycles. The van der Waals surface area contributed by atoms with Crippen LogP contribution >= 0.6 is 35.0 Å². The lowest BCUT2D eigenvalue weighted by Crippen LogP contribution is -2.51. The van der Waals surface area contributed by atoms with E-state index in [1.165, 1.54) is 11.8 Å². The molecule has 4 nitrogen and oxygen atoms in total. The summed E-state index contributed by atoms with van der Waals surface area (Å²) < 4.78 is 0. The highest BCUT2D eigenvalue weighted by atomic mass is 35.5. The van der Waals surface area contributed by atoms with Crippen LogP contribution in [0.3, 0.4) is 0 Å². The third-order valence-electron chi connectivity index (χ3n) is 5.78. The van der Waals surface area contributed by atoms with Crippen LogP contribution in [0.1, 0.15) is 50.2 Å². The second-order valence-corrected chi connectivity index (χ2v) is 9.98. The number of carbonyl (C=O) groups is 2. The van der Waals surface area contributed by atoms with Crippen molar-refractivity contribution >= 4 is 46.8 Å². The number of nitrogens with one attached hydrogen (secondary N) is 1. The van der Waals surface area contributed by atoms with E-state index in [1.54, 1.807) is 17.0 Å². The summed E-state index contributed by atoms with van der Waals surface area (Å²) in [4.78, 5) is 28.1. The first-order valence-corrected chi connectivity index (χ1v) is 13.0. The van der Waals surface area contributed by atoms with Gasteiger partial charge in [-0.15, -0.1) is 11.8 Å². The molecule has 32 heavy (non-hydrogen) atoms. The monoisotopic (exact) mass is 492 g/mol. The number of halogens is 2. The van der Waals surface area contributed by atoms with E-state index in [0.29, 0.717) is 28.8 Å². The number of hydrogen-bond acceptors (Lipinski definition) is 3. The van der Waals surface area contributed by atoms with Crippen molar-refractivity contribution in [1.82, 2.24) is 10.2 Å². The molecule has 0 bridgehead atoms. The summed E-state index contributed by atoms with van der Waals surface area (Å²) in [6.07, 6.45) is 4.92.